The van der Waals surface area contributed by atoms with Crippen molar-refractivity contribution in [1.82, 2.24) is 0 Å². The van der Waals surface area contributed by atoms with Crippen LogP contribution in [0.25, 0.3) is 0 Å². The van der Waals surface area contributed by atoms with Gasteiger partial charge in [-0.2, -0.15) is 0 Å². The van der Waals surface area contributed by atoms with E-state index >= 15 is 0 Å². The molecule has 0 unspecified atom stereocenters. The first-order valence-corrected chi connectivity index (χ1v) is 6.38. The van der Waals surface area contributed by atoms with E-state index in [9.17, 15) is 15.0 Å². The normalized spacial score (nSPS) is 17.4. The number of ketones is 1. The second-order valence-electron chi connectivity index (χ2n) is 4.89. The number of carbonyl (C=O) groups is 1. The van der Waals surface area contributed by atoms with Gasteiger partial charge in [0.1, 0.15) is 28.9 Å². The van der Waals surface area contributed by atoms with Gasteiger partial charge in [0.05, 0.1) is 6.42 Å². The number of phenolic OH excluding ortho intramolecular Hbond substituents is 2. The molecule has 3 rings (SSSR count). The van der Waals surface area contributed by atoms with Gasteiger partial charge < -0.3 is 14.9 Å². The van der Waals surface area contributed by atoms with Crippen molar-refractivity contribution < 1.29 is 19.7 Å². The van der Waals surface area contributed by atoms with E-state index < -0.39 is 6.10 Å². The molecule has 2 N–H and O–H groups in total. The fourth-order valence-electron chi connectivity index (χ4n) is 2.45. The molecule has 0 saturated carbocycles. The minimum Gasteiger partial charge on any atom is -0.507 e. The van der Waals surface area contributed by atoms with Crippen molar-refractivity contribution in [2.75, 3.05) is 0 Å². The smallest absolute Gasteiger partial charge is 0.174 e. The summed E-state index contributed by atoms with van der Waals surface area (Å²) in [6.07, 6.45) is -0.217. The molecule has 1 aliphatic heterocycles. The number of rotatable bonds is 1. The molecular weight excluding hydrogens is 256 g/mol. The van der Waals surface area contributed by atoms with Crippen LogP contribution in [-0.4, -0.2) is 16.0 Å². The highest BCUT2D eigenvalue weighted by atomic mass is 16.5. The minimum atomic E-state index is -0.393. The van der Waals surface area contributed by atoms with Crippen molar-refractivity contribution in [3.63, 3.8) is 0 Å². The van der Waals surface area contributed by atoms with Crippen LogP contribution in [0.2, 0.25) is 0 Å². The lowest BCUT2D eigenvalue weighted by molar-refractivity contribution is 0.0843. The van der Waals surface area contributed by atoms with Crippen LogP contribution in [0.1, 0.15) is 34.0 Å². The molecule has 4 nitrogen and oxygen atoms in total. The lowest BCUT2D eigenvalue weighted by Crippen LogP contribution is -2.21. The molecule has 0 amide bonds. The quantitative estimate of drug-likeness (QED) is 0.835. The third-order valence-corrected chi connectivity index (χ3v) is 3.56. The summed E-state index contributed by atoms with van der Waals surface area (Å²) in [5, 5.41) is 19.6. The summed E-state index contributed by atoms with van der Waals surface area (Å²) in [5.41, 5.74) is 1.52. The van der Waals surface area contributed by atoms with Crippen LogP contribution in [-0.2, 0) is 0 Å². The van der Waals surface area contributed by atoms with Crippen molar-refractivity contribution in [2.45, 2.75) is 19.4 Å². The molecule has 0 spiro atoms. The largest absolute Gasteiger partial charge is 0.507 e. The Morgan fingerprint density at radius 2 is 1.85 bits per heavy atom. The number of hydrogen-bond donors (Lipinski definition) is 2. The topological polar surface area (TPSA) is 66.8 Å². The Kier molecular flexibility index (Phi) is 2.86. The zero-order chi connectivity index (χ0) is 14.3. The molecule has 1 heterocycles. The summed E-state index contributed by atoms with van der Waals surface area (Å²) >= 11 is 0. The van der Waals surface area contributed by atoms with Gasteiger partial charge in [-0.25, -0.2) is 0 Å². The first kappa shape index (κ1) is 12.5. The summed E-state index contributed by atoms with van der Waals surface area (Å²) in [6.45, 7) is 1.66. The third kappa shape index (κ3) is 1.90. The predicted octanol–water partition coefficient (Wildman–Crippen LogP) is 3.11. The lowest BCUT2D eigenvalue weighted by Gasteiger charge is -2.27. The Balaban J connectivity index is 2.09. The van der Waals surface area contributed by atoms with Gasteiger partial charge in [-0.05, 0) is 12.5 Å². The minimum absolute atomic E-state index is 0.0808. The van der Waals surface area contributed by atoms with Gasteiger partial charge in [0.15, 0.2) is 5.78 Å². The van der Waals surface area contributed by atoms with Gasteiger partial charge >= 0.3 is 0 Å². The molecule has 20 heavy (non-hydrogen) atoms. The maximum absolute atomic E-state index is 12.2. The van der Waals surface area contributed by atoms with Crippen LogP contribution in [0.3, 0.4) is 0 Å². The molecule has 0 bridgehead atoms. The van der Waals surface area contributed by atoms with E-state index in [2.05, 4.69) is 0 Å². The molecule has 1 aliphatic rings. The molecule has 2 aromatic rings. The van der Waals surface area contributed by atoms with Crippen molar-refractivity contribution in [1.29, 1.82) is 0 Å². The second kappa shape index (κ2) is 4.56. The van der Waals surface area contributed by atoms with E-state index in [0.717, 1.165) is 5.56 Å². The van der Waals surface area contributed by atoms with Gasteiger partial charge in [-0.1, -0.05) is 30.3 Å². The number of aromatic hydroxyl groups is 2. The van der Waals surface area contributed by atoms with E-state index in [-0.39, 0.29) is 35.0 Å². The maximum Gasteiger partial charge on any atom is 0.174 e. The average molecular weight is 270 g/mol. The molecule has 0 aromatic heterocycles. The number of carbonyl (C=O) groups excluding carboxylic acids is 1. The van der Waals surface area contributed by atoms with E-state index in [4.69, 9.17) is 4.74 Å². The highest BCUT2D eigenvalue weighted by molar-refractivity contribution is 6.03. The van der Waals surface area contributed by atoms with Crippen LogP contribution < -0.4 is 4.74 Å². The van der Waals surface area contributed by atoms with Crippen LogP contribution in [0.4, 0.5) is 0 Å². The summed E-state index contributed by atoms with van der Waals surface area (Å²) in [6, 6.07) is 10.6. The number of ether oxygens (including phenoxy) is 1. The van der Waals surface area contributed by atoms with Gasteiger partial charge in [-0.3, -0.25) is 4.79 Å². The first-order valence-electron chi connectivity index (χ1n) is 6.38. The Morgan fingerprint density at radius 1 is 1.15 bits per heavy atom. The monoisotopic (exact) mass is 270 g/mol. The van der Waals surface area contributed by atoms with Gasteiger partial charge in [0, 0.05) is 11.6 Å². The number of hydrogen-bond acceptors (Lipinski definition) is 4. The zero-order valence-electron chi connectivity index (χ0n) is 11.0. The van der Waals surface area contributed by atoms with Crippen LogP contribution >= 0.6 is 0 Å². The van der Waals surface area contributed by atoms with Gasteiger partial charge in [-0.15, -0.1) is 0 Å². The molecule has 0 fully saturated rings. The Labute approximate surface area is 116 Å². The van der Waals surface area contributed by atoms with Crippen molar-refractivity contribution in [3.8, 4) is 17.2 Å². The van der Waals surface area contributed by atoms with Crippen molar-refractivity contribution >= 4 is 5.78 Å². The molecule has 1 atom stereocenters. The Morgan fingerprint density at radius 3 is 2.55 bits per heavy atom. The maximum atomic E-state index is 12.2. The standard InChI is InChI=1S/C16H14O4/c1-9-11(17)7-12(18)15-13(19)8-14(20-16(9)15)10-5-3-2-4-6-10/h2-7,14,17-18H,8H2,1H3/t14-/m1/s1. The number of Topliss-reactive ketones (excluding diaryl/α,β-unsaturated/α-hetero) is 1. The average Bonchev–Trinajstić information content (AvgIpc) is 2.45. The van der Waals surface area contributed by atoms with Gasteiger partial charge in [0.25, 0.3) is 0 Å². The third-order valence-electron chi connectivity index (χ3n) is 3.56. The Bertz CT molecular complexity index is 677. The van der Waals surface area contributed by atoms with E-state index in [0.29, 0.717) is 5.56 Å². The van der Waals surface area contributed by atoms with Gasteiger partial charge in [0.2, 0.25) is 0 Å². The predicted molar refractivity (Wildman–Crippen MR) is 73.3 cm³/mol. The van der Waals surface area contributed by atoms with Crippen molar-refractivity contribution in [2.24, 2.45) is 0 Å². The number of fused-ring (bicyclic) bond motifs is 1. The molecule has 2 aromatic carbocycles. The van der Waals surface area contributed by atoms with E-state index in [1.807, 2.05) is 30.3 Å². The summed E-state index contributed by atoms with van der Waals surface area (Å²) in [4.78, 5) is 12.2. The molecule has 0 aliphatic carbocycles. The molecule has 4 heteroatoms. The highest BCUT2D eigenvalue weighted by Gasteiger charge is 2.32. The van der Waals surface area contributed by atoms with Crippen LogP contribution in [0.5, 0.6) is 17.2 Å². The highest BCUT2D eigenvalue weighted by Crippen LogP contribution is 2.44. The molecule has 0 saturated heterocycles. The van der Waals surface area contributed by atoms with E-state index in [1.54, 1.807) is 6.92 Å². The first-order chi connectivity index (χ1) is 9.58. The molecular formula is C16H14O4. The van der Waals surface area contributed by atoms with Crippen LogP contribution in [0, 0.1) is 6.92 Å². The number of phenols is 2. The second-order valence-corrected chi connectivity index (χ2v) is 4.89. The zero-order valence-corrected chi connectivity index (χ0v) is 11.0. The summed E-state index contributed by atoms with van der Waals surface area (Å²) < 4.78 is 5.84. The van der Waals surface area contributed by atoms with Crippen molar-refractivity contribution in [3.05, 3.63) is 53.1 Å². The fraction of sp³-hybridized carbons (Fsp3) is 0.188. The molecule has 0 radical (unpaired) electrons. The lowest BCUT2D eigenvalue weighted by atomic mass is 9.93. The SMILES string of the molecule is Cc1c(O)cc(O)c2c1O[C@@H](c1ccccc1)CC2=O. The fourth-order valence-corrected chi connectivity index (χ4v) is 2.45. The van der Waals surface area contributed by atoms with E-state index in [1.165, 1.54) is 6.07 Å². The number of benzene rings is 2. The summed E-state index contributed by atoms with van der Waals surface area (Å²) in [7, 11) is 0. The Hall–Kier alpha value is -2.49. The molecule has 102 valence electrons. The van der Waals surface area contributed by atoms with Crippen LogP contribution in [0.15, 0.2) is 36.4 Å². The summed E-state index contributed by atoms with van der Waals surface area (Å²) in [5.74, 6) is -0.226.